The van der Waals surface area contributed by atoms with Crippen LogP contribution >= 0.6 is 0 Å². The summed E-state index contributed by atoms with van der Waals surface area (Å²) in [5.74, 6) is -0.443. The summed E-state index contributed by atoms with van der Waals surface area (Å²) in [6.07, 6.45) is 4.67. The largest absolute Gasteiger partial charge is 0.350 e. The molecule has 0 saturated heterocycles. The van der Waals surface area contributed by atoms with Crippen molar-refractivity contribution in [2.75, 3.05) is 0 Å². The number of carbonyl (C=O) groups excluding carboxylic acids is 2. The van der Waals surface area contributed by atoms with E-state index in [4.69, 9.17) is 0 Å². The maximum atomic E-state index is 12.0. The molecule has 1 aromatic heterocycles. The van der Waals surface area contributed by atoms with Crippen LogP contribution in [0.3, 0.4) is 0 Å². The fraction of sp³-hybridized carbons (Fsp3) is 0.615. The topological polar surface area (TPSA) is 76.0 Å². The molecule has 2 N–H and O–H groups in total. The number of nitrogens with one attached hydrogen (secondary N) is 2. The Balaban J connectivity index is 2.51. The second-order valence-electron chi connectivity index (χ2n) is 5.10. The number of amides is 2. The molecular weight excluding hydrogens is 244 g/mol. The van der Waals surface area contributed by atoms with Crippen LogP contribution in [0.25, 0.3) is 0 Å². The predicted octanol–water partition coefficient (Wildman–Crippen LogP) is 0.824. The predicted molar refractivity (Wildman–Crippen MR) is 72.3 cm³/mol. The number of carbonyl (C=O) groups is 2. The highest BCUT2D eigenvalue weighted by atomic mass is 16.2. The Morgan fingerprint density at radius 1 is 1.42 bits per heavy atom. The number of hydrogen-bond donors (Lipinski definition) is 2. The summed E-state index contributed by atoms with van der Waals surface area (Å²) in [4.78, 5) is 23.0. The van der Waals surface area contributed by atoms with Crippen molar-refractivity contribution in [2.45, 2.75) is 52.7 Å². The van der Waals surface area contributed by atoms with E-state index in [9.17, 15) is 9.59 Å². The van der Waals surface area contributed by atoms with E-state index in [2.05, 4.69) is 22.7 Å². The molecule has 0 aromatic carbocycles. The molecule has 0 spiro atoms. The van der Waals surface area contributed by atoms with Crippen molar-refractivity contribution in [1.29, 1.82) is 0 Å². The Morgan fingerprint density at radius 3 is 2.68 bits per heavy atom. The van der Waals surface area contributed by atoms with Crippen molar-refractivity contribution in [3.63, 3.8) is 0 Å². The molecule has 1 aromatic rings. The third-order valence-electron chi connectivity index (χ3n) is 2.65. The summed E-state index contributed by atoms with van der Waals surface area (Å²) in [5, 5.41) is 9.59. The van der Waals surface area contributed by atoms with Gasteiger partial charge < -0.3 is 10.6 Å². The van der Waals surface area contributed by atoms with Crippen molar-refractivity contribution >= 4 is 11.8 Å². The van der Waals surface area contributed by atoms with Gasteiger partial charge in [-0.25, -0.2) is 0 Å². The van der Waals surface area contributed by atoms with Crippen LogP contribution in [-0.2, 0) is 22.7 Å². The van der Waals surface area contributed by atoms with Gasteiger partial charge in [0.1, 0.15) is 5.54 Å². The first-order valence-corrected chi connectivity index (χ1v) is 6.43. The molecule has 0 aliphatic heterocycles. The standard InChI is InChI=1S/C13H22N4O2/c1-5-6-17-9-11(8-15-17)7-14-12(19)13(3,4)16-10(2)18/h8-9H,5-7H2,1-4H3,(H,14,19)(H,16,18). The Hall–Kier alpha value is -1.85. The molecular formula is C13H22N4O2. The zero-order valence-corrected chi connectivity index (χ0v) is 12.0. The third kappa shape index (κ3) is 4.73. The molecule has 0 unspecified atom stereocenters. The molecule has 1 heterocycles. The van der Waals surface area contributed by atoms with Gasteiger partial charge in [0.2, 0.25) is 11.8 Å². The fourth-order valence-electron chi connectivity index (χ4n) is 1.75. The molecule has 0 fully saturated rings. The first-order chi connectivity index (χ1) is 8.85. The van der Waals surface area contributed by atoms with Gasteiger partial charge in [-0.1, -0.05) is 6.92 Å². The van der Waals surface area contributed by atoms with Gasteiger partial charge in [0.25, 0.3) is 0 Å². The number of hydrogen-bond acceptors (Lipinski definition) is 3. The van der Waals surface area contributed by atoms with Gasteiger partial charge in [0, 0.05) is 31.8 Å². The minimum Gasteiger partial charge on any atom is -0.350 e. The highest BCUT2D eigenvalue weighted by molar-refractivity contribution is 5.89. The fourth-order valence-corrected chi connectivity index (χ4v) is 1.75. The lowest BCUT2D eigenvalue weighted by Crippen LogP contribution is -2.53. The molecule has 2 amide bonds. The van der Waals surface area contributed by atoms with E-state index in [1.807, 2.05) is 10.9 Å². The van der Waals surface area contributed by atoms with Crippen LogP contribution in [0.5, 0.6) is 0 Å². The van der Waals surface area contributed by atoms with Gasteiger partial charge in [-0.2, -0.15) is 5.10 Å². The van der Waals surface area contributed by atoms with Gasteiger partial charge in [-0.15, -0.1) is 0 Å². The van der Waals surface area contributed by atoms with Crippen LogP contribution in [0.15, 0.2) is 12.4 Å². The average Bonchev–Trinajstić information content (AvgIpc) is 2.72. The smallest absolute Gasteiger partial charge is 0.245 e. The zero-order valence-electron chi connectivity index (χ0n) is 12.0. The molecule has 1 rings (SSSR count). The normalized spacial score (nSPS) is 11.2. The third-order valence-corrected chi connectivity index (χ3v) is 2.65. The van der Waals surface area contributed by atoms with Crippen LogP contribution in [0.2, 0.25) is 0 Å². The van der Waals surface area contributed by atoms with E-state index in [0.29, 0.717) is 6.54 Å². The Kier molecular flexibility index (Phi) is 5.09. The number of aryl methyl sites for hydroxylation is 1. The second-order valence-corrected chi connectivity index (χ2v) is 5.10. The minimum absolute atomic E-state index is 0.217. The quantitative estimate of drug-likeness (QED) is 0.800. The summed E-state index contributed by atoms with van der Waals surface area (Å²) in [5.41, 5.74) is 0.0334. The number of aromatic nitrogens is 2. The van der Waals surface area contributed by atoms with Crippen LogP contribution in [0.4, 0.5) is 0 Å². The highest BCUT2D eigenvalue weighted by Crippen LogP contribution is 2.04. The summed E-state index contributed by atoms with van der Waals surface area (Å²) in [7, 11) is 0. The van der Waals surface area contributed by atoms with Gasteiger partial charge in [-0.3, -0.25) is 14.3 Å². The lowest BCUT2D eigenvalue weighted by Gasteiger charge is -2.24. The number of rotatable bonds is 6. The van der Waals surface area contributed by atoms with Crippen molar-refractivity contribution in [1.82, 2.24) is 20.4 Å². The van der Waals surface area contributed by atoms with Gasteiger partial charge in [0.15, 0.2) is 0 Å². The zero-order chi connectivity index (χ0) is 14.5. The Bertz CT molecular complexity index is 451. The first-order valence-electron chi connectivity index (χ1n) is 6.43. The average molecular weight is 266 g/mol. The molecule has 0 aliphatic rings. The molecule has 19 heavy (non-hydrogen) atoms. The molecule has 0 aliphatic carbocycles. The summed E-state index contributed by atoms with van der Waals surface area (Å²) in [6, 6.07) is 0. The van der Waals surface area contributed by atoms with Gasteiger partial charge in [0.05, 0.1) is 6.20 Å². The van der Waals surface area contributed by atoms with E-state index in [0.717, 1.165) is 18.5 Å². The summed E-state index contributed by atoms with van der Waals surface area (Å²) < 4.78 is 1.85. The van der Waals surface area contributed by atoms with Crippen molar-refractivity contribution in [3.8, 4) is 0 Å². The lowest BCUT2D eigenvalue weighted by molar-refractivity contribution is -0.131. The Morgan fingerprint density at radius 2 is 2.11 bits per heavy atom. The molecule has 0 saturated carbocycles. The molecule has 106 valence electrons. The molecule has 6 heteroatoms. The van der Waals surface area contributed by atoms with Crippen LogP contribution in [-0.4, -0.2) is 27.1 Å². The molecule has 0 atom stereocenters. The van der Waals surface area contributed by atoms with Crippen molar-refractivity contribution in [3.05, 3.63) is 18.0 Å². The second kappa shape index (κ2) is 6.36. The summed E-state index contributed by atoms with van der Waals surface area (Å²) in [6.45, 7) is 8.09. The van der Waals surface area contributed by atoms with E-state index < -0.39 is 5.54 Å². The lowest BCUT2D eigenvalue weighted by atomic mass is 10.0. The van der Waals surface area contributed by atoms with Crippen molar-refractivity contribution in [2.24, 2.45) is 0 Å². The van der Waals surface area contributed by atoms with Crippen LogP contribution < -0.4 is 10.6 Å². The molecule has 0 radical (unpaired) electrons. The number of nitrogens with zero attached hydrogens (tertiary/aromatic N) is 2. The van der Waals surface area contributed by atoms with E-state index in [1.54, 1.807) is 20.0 Å². The Labute approximate surface area is 113 Å². The SMILES string of the molecule is CCCn1cc(CNC(=O)C(C)(C)NC(C)=O)cn1. The van der Waals surface area contributed by atoms with E-state index in [-0.39, 0.29) is 11.8 Å². The molecule has 0 bridgehead atoms. The van der Waals surface area contributed by atoms with E-state index >= 15 is 0 Å². The highest BCUT2D eigenvalue weighted by Gasteiger charge is 2.27. The maximum Gasteiger partial charge on any atom is 0.245 e. The van der Waals surface area contributed by atoms with Gasteiger partial charge in [-0.05, 0) is 20.3 Å². The van der Waals surface area contributed by atoms with Crippen LogP contribution in [0.1, 0.15) is 39.7 Å². The van der Waals surface area contributed by atoms with Crippen molar-refractivity contribution < 1.29 is 9.59 Å². The monoisotopic (exact) mass is 266 g/mol. The maximum absolute atomic E-state index is 12.0. The van der Waals surface area contributed by atoms with Gasteiger partial charge >= 0.3 is 0 Å². The van der Waals surface area contributed by atoms with Crippen LogP contribution in [0, 0.1) is 0 Å². The van der Waals surface area contributed by atoms with E-state index in [1.165, 1.54) is 6.92 Å². The minimum atomic E-state index is -0.911. The molecule has 6 nitrogen and oxygen atoms in total. The first kappa shape index (κ1) is 15.2. The summed E-state index contributed by atoms with van der Waals surface area (Å²) >= 11 is 0.